The topological polar surface area (TPSA) is 139 Å². The van der Waals surface area contributed by atoms with Crippen LogP contribution in [0.2, 0.25) is 10.0 Å². The summed E-state index contributed by atoms with van der Waals surface area (Å²) in [5, 5.41) is 10.7. The van der Waals surface area contributed by atoms with Gasteiger partial charge < -0.3 is 26.1 Å². The summed E-state index contributed by atoms with van der Waals surface area (Å²) in [5.74, 6) is 0. The molecule has 8 rings (SSSR count). The largest absolute Gasteiger partial charge is 0.412 e. The fourth-order valence-corrected chi connectivity index (χ4v) is 7.20. The second-order valence-corrected chi connectivity index (χ2v) is 14.1. The van der Waals surface area contributed by atoms with Gasteiger partial charge in [0.25, 0.3) is 0 Å². The summed E-state index contributed by atoms with van der Waals surface area (Å²) in [6.45, 7) is 8.48. The van der Waals surface area contributed by atoms with Crippen LogP contribution in [-0.2, 0) is 12.8 Å². The third-order valence-corrected chi connectivity index (χ3v) is 9.97. The quantitative estimate of drug-likeness (QED) is 0.108. The van der Waals surface area contributed by atoms with Crippen LogP contribution in [0.3, 0.4) is 0 Å². The number of pyridine rings is 2. The first-order chi connectivity index (χ1) is 25.3. The summed E-state index contributed by atoms with van der Waals surface area (Å²) < 4.78 is 0. The highest BCUT2D eigenvalue weighted by atomic mass is 35.5. The monoisotopic (exact) mass is 818 g/mol. The zero-order valence-corrected chi connectivity index (χ0v) is 34.3. The number of H-pyrrole nitrogens is 2. The first-order valence-electron chi connectivity index (χ1n) is 17.9. The number of nitrogens with one attached hydrogen (secondary N) is 4. The highest BCUT2D eigenvalue weighted by Crippen LogP contribution is 2.34. The Morgan fingerprint density at radius 3 is 1.36 bits per heavy atom. The van der Waals surface area contributed by atoms with Gasteiger partial charge in [0, 0.05) is 54.6 Å². The van der Waals surface area contributed by atoms with Gasteiger partial charge in [-0.15, -0.1) is 24.8 Å². The number of nitrogens with zero attached hydrogens (tertiary/aromatic N) is 4. The van der Waals surface area contributed by atoms with Crippen molar-refractivity contribution in [2.45, 2.75) is 66.2 Å². The number of anilines is 4. The SMILES string of the molecule is CCCCc1ccc(Nc2cc(C)[nH]c3ccc4ncnc4c23)cc1Cl.CCCCc1ccc(Nc2cc(C)[nH]c3ccc4ncnc4c23)cc1Cl.Cl.Cl.O. The molecule has 0 bridgehead atoms. The van der Waals surface area contributed by atoms with Gasteiger partial charge in [-0.25, -0.2) is 19.9 Å². The van der Waals surface area contributed by atoms with E-state index in [-0.39, 0.29) is 30.3 Å². The van der Waals surface area contributed by atoms with Gasteiger partial charge in [0.15, 0.2) is 0 Å². The minimum Gasteiger partial charge on any atom is -0.412 e. The van der Waals surface area contributed by atoms with Crippen LogP contribution in [-0.4, -0.2) is 35.4 Å². The summed E-state index contributed by atoms with van der Waals surface area (Å²) in [4.78, 5) is 24.3. The fraction of sp³-hybridized carbons (Fsp3) is 0.238. The maximum atomic E-state index is 6.49. The van der Waals surface area contributed by atoms with Crippen LogP contribution in [0.5, 0.6) is 0 Å². The Morgan fingerprint density at radius 1 is 0.564 bits per heavy atom. The number of fused-ring (bicyclic) bond motifs is 6. The molecular formula is C42H46Cl4N8O. The Kier molecular flexibility index (Phi) is 15.1. The molecule has 0 radical (unpaired) electrons. The van der Waals surface area contributed by atoms with E-state index in [0.29, 0.717) is 0 Å². The fourth-order valence-electron chi connectivity index (χ4n) is 6.65. The maximum absolute atomic E-state index is 6.49. The van der Waals surface area contributed by atoms with Gasteiger partial charge in [0.05, 0.1) is 22.4 Å². The number of hydrogen-bond acceptors (Lipinski definition) is 6. The van der Waals surface area contributed by atoms with Crippen LogP contribution in [0.25, 0.3) is 43.9 Å². The van der Waals surface area contributed by atoms with Gasteiger partial charge >= 0.3 is 0 Å². The van der Waals surface area contributed by atoms with Crippen molar-refractivity contribution in [1.82, 2.24) is 29.9 Å². The van der Waals surface area contributed by atoms with Gasteiger partial charge in [-0.1, -0.05) is 62.0 Å². The number of imidazole rings is 2. The van der Waals surface area contributed by atoms with Gasteiger partial charge in [0.1, 0.15) is 23.7 Å². The Labute approximate surface area is 343 Å². The van der Waals surface area contributed by atoms with E-state index in [2.05, 4.69) is 90.8 Å². The summed E-state index contributed by atoms with van der Waals surface area (Å²) in [6.07, 6.45) is 9.87. The minimum absolute atomic E-state index is 0. The molecule has 0 fully saturated rings. The summed E-state index contributed by atoms with van der Waals surface area (Å²) in [6, 6.07) is 24.7. The molecule has 0 spiro atoms. The number of aromatic amines is 2. The number of hydrogen-bond donors (Lipinski definition) is 4. The van der Waals surface area contributed by atoms with E-state index < -0.39 is 0 Å². The van der Waals surface area contributed by atoms with Gasteiger partial charge in [-0.3, -0.25) is 0 Å². The lowest BCUT2D eigenvalue weighted by molar-refractivity contribution is 0.795. The Balaban J connectivity index is 0.000000232. The highest BCUT2D eigenvalue weighted by Gasteiger charge is 2.13. The molecule has 6 N–H and O–H groups in total. The number of aryl methyl sites for hydroxylation is 4. The number of benzene rings is 4. The van der Waals surface area contributed by atoms with Crippen LogP contribution in [0.1, 0.15) is 62.0 Å². The standard InChI is InChI=1S/2C21H21ClN4.2ClH.H2O/c2*1-3-4-5-14-6-7-15(11-16(14)22)26-19-10-13(2)25-17-8-9-18-21(20(17)19)24-12-23-18;;;/h2*6-12,25-26H,3-5H2,1-2H3;2*1H;1H2. The molecule has 9 nitrogen and oxygen atoms in total. The van der Waals surface area contributed by atoms with Crippen molar-refractivity contribution in [2.24, 2.45) is 0 Å². The van der Waals surface area contributed by atoms with E-state index in [1.54, 1.807) is 12.7 Å². The molecule has 0 aliphatic rings. The molecule has 4 aromatic heterocycles. The molecule has 288 valence electrons. The van der Waals surface area contributed by atoms with Gasteiger partial charge in [-0.2, -0.15) is 0 Å². The molecule has 0 saturated heterocycles. The third-order valence-electron chi connectivity index (χ3n) is 9.27. The predicted molar refractivity (Wildman–Crippen MR) is 237 cm³/mol. The third kappa shape index (κ3) is 9.61. The summed E-state index contributed by atoms with van der Waals surface area (Å²) in [5.41, 5.74) is 14.1. The van der Waals surface area contributed by atoms with E-state index >= 15 is 0 Å². The zero-order chi connectivity index (χ0) is 36.2. The van der Waals surface area contributed by atoms with E-state index in [4.69, 9.17) is 23.2 Å². The Morgan fingerprint density at radius 2 is 0.982 bits per heavy atom. The molecule has 0 unspecified atom stereocenters. The van der Waals surface area contributed by atoms with Crippen molar-refractivity contribution < 1.29 is 5.48 Å². The second-order valence-electron chi connectivity index (χ2n) is 13.3. The summed E-state index contributed by atoms with van der Waals surface area (Å²) in [7, 11) is 0. The van der Waals surface area contributed by atoms with Crippen molar-refractivity contribution in [2.75, 3.05) is 10.6 Å². The van der Waals surface area contributed by atoms with Crippen molar-refractivity contribution in [3.8, 4) is 0 Å². The number of halogens is 4. The van der Waals surface area contributed by atoms with Crippen LogP contribution in [0.15, 0.2) is 85.5 Å². The number of aromatic nitrogens is 6. The molecule has 55 heavy (non-hydrogen) atoms. The first kappa shape index (κ1) is 43.1. The van der Waals surface area contributed by atoms with E-state index in [9.17, 15) is 0 Å². The predicted octanol–water partition coefficient (Wildman–Crippen LogP) is 12.3. The molecule has 4 heterocycles. The van der Waals surface area contributed by atoms with E-state index in [0.717, 1.165) is 114 Å². The molecule has 0 aliphatic carbocycles. The molecular weight excluding hydrogens is 774 g/mol. The Bertz CT molecular complexity index is 2360. The molecule has 8 aromatic rings. The van der Waals surface area contributed by atoms with Crippen LogP contribution < -0.4 is 10.6 Å². The van der Waals surface area contributed by atoms with Crippen molar-refractivity contribution in [3.63, 3.8) is 0 Å². The average Bonchev–Trinajstić information content (AvgIpc) is 3.81. The first-order valence-corrected chi connectivity index (χ1v) is 18.6. The average molecular weight is 821 g/mol. The Hall–Kier alpha value is -4.64. The minimum atomic E-state index is 0. The summed E-state index contributed by atoms with van der Waals surface area (Å²) >= 11 is 13.0. The molecule has 0 aliphatic heterocycles. The lowest BCUT2D eigenvalue weighted by Crippen LogP contribution is -1.96. The smallest absolute Gasteiger partial charge is 0.116 e. The molecule has 4 aromatic carbocycles. The van der Waals surface area contributed by atoms with Crippen molar-refractivity contribution in [3.05, 3.63) is 118 Å². The lowest BCUT2D eigenvalue weighted by atomic mass is 10.1. The van der Waals surface area contributed by atoms with Crippen molar-refractivity contribution in [1.29, 1.82) is 0 Å². The maximum Gasteiger partial charge on any atom is 0.116 e. The number of rotatable bonds is 10. The zero-order valence-electron chi connectivity index (χ0n) is 31.2. The molecule has 0 atom stereocenters. The van der Waals surface area contributed by atoms with Gasteiger partial charge in [-0.05, 0) is 111 Å². The van der Waals surface area contributed by atoms with Crippen LogP contribution >= 0.6 is 48.0 Å². The van der Waals surface area contributed by atoms with E-state index in [1.165, 1.54) is 24.0 Å². The van der Waals surface area contributed by atoms with Crippen molar-refractivity contribution >= 4 is 115 Å². The lowest BCUT2D eigenvalue weighted by Gasteiger charge is -2.13. The van der Waals surface area contributed by atoms with Crippen LogP contribution in [0.4, 0.5) is 22.7 Å². The normalized spacial score (nSPS) is 10.7. The molecule has 0 saturated carbocycles. The number of unbranched alkanes of at least 4 members (excludes halogenated alkanes) is 2. The van der Waals surface area contributed by atoms with E-state index in [1.807, 2.05) is 50.2 Å². The second kappa shape index (κ2) is 19.3. The van der Waals surface area contributed by atoms with Crippen LogP contribution in [0, 0.1) is 13.8 Å². The molecule has 13 heteroatoms. The highest BCUT2D eigenvalue weighted by molar-refractivity contribution is 6.32. The molecule has 0 amide bonds. The van der Waals surface area contributed by atoms with Gasteiger partial charge in [0.2, 0.25) is 0 Å².